The van der Waals surface area contributed by atoms with Gasteiger partial charge in [-0.1, -0.05) is 64.7 Å². The molecule has 0 bridgehead atoms. The molecule has 0 unspecified atom stereocenters. The predicted octanol–water partition coefficient (Wildman–Crippen LogP) is 4.39. The molecule has 0 radical (unpaired) electrons. The van der Waals surface area contributed by atoms with Crippen molar-refractivity contribution < 1.29 is 23.9 Å². The van der Waals surface area contributed by atoms with E-state index in [2.05, 4.69) is 6.92 Å². The summed E-state index contributed by atoms with van der Waals surface area (Å²) >= 11 is 0. The zero-order chi connectivity index (χ0) is 19.1. The van der Waals surface area contributed by atoms with Crippen molar-refractivity contribution >= 4 is 11.9 Å². The third-order valence-corrected chi connectivity index (χ3v) is 4.19. The van der Waals surface area contributed by atoms with Crippen LogP contribution in [0.15, 0.2) is 0 Å². The number of nitrogens with zero attached hydrogens (tertiary/aromatic N) is 1. The van der Waals surface area contributed by atoms with Crippen molar-refractivity contribution in [1.29, 1.82) is 0 Å². The van der Waals surface area contributed by atoms with E-state index in [1.165, 1.54) is 51.4 Å². The molecule has 25 heavy (non-hydrogen) atoms. The summed E-state index contributed by atoms with van der Waals surface area (Å²) in [5.41, 5.74) is 0. The number of likely N-dealkylation sites (N-methyl/N-ethyl adjacent to an activating group) is 1. The topological polar surface area (TPSA) is 63.6 Å². The molecule has 1 N–H and O–H groups in total. The molecular weight excluding hydrogens is 318 g/mol. The first-order valence-corrected chi connectivity index (χ1v) is 9.96. The highest BCUT2D eigenvalue weighted by molar-refractivity contribution is 5.71. The number of ether oxygens (including phenoxy) is 1. The number of unbranched alkanes of at least 4 members (excludes halogenated alkanes) is 9. The van der Waals surface area contributed by atoms with E-state index in [9.17, 15) is 9.59 Å². The molecule has 0 aliphatic carbocycles. The molecule has 148 valence electrons. The van der Waals surface area contributed by atoms with Crippen molar-refractivity contribution in [3.63, 3.8) is 0 Å². The summed E-state index contributed by atoms with van der Waals surface area (Å²) < 4.78 is 5.96. The van der Waals surface area contributed by atoms with E-state index in [4.69, 9.17) is 9.84 Å². The van der Waals surface area contributed by atoms with Gasteiger partial charge in [0.15, 0.2) is 6.10 Å². The molecule has 0 fully saturated rings. The lowest BCUT2D eigenvalue weighted by molar-refractivity contribution is -0.873. The number of esters is 1. The first-order valence-electron chi connectivity index (χ1n) is 9.96. The van der Waals surface area contributed by atoms with Crippen LogP contribution in [0.25, 0.3) is 0 Å². The zero-order valence-corrected chi connectivity index (χ0v) is 16.9. The van der Waals surface area contributed by atoms with Crippen LogP contribution in [0.5, 0.6) is 0 Å². The fourth-order valence-corrected chi connectivity index (χ4v) is 2.95. The maximum absolute atomic E-state index is 11.9. The number of aliphatic carboxylic acids is 1. The molecule has 0 heterocycles. The van der Waals surface area contributed by atoms with Gasteiger partial charge < -0.3 is 14.3 Å². The third-order valence-electron chi connectivity index (χ3n) is 4.19. The first kappa shape index (κ1) is 23.9. The van der Waals surface area contributed by atoms with Crippen LogP contribution in [0.1, 0.15) is 84.0 Å². The van der Waals surface area contributed by atoms with Crippen molar-refractivity contribution in [3.8, 4) is 0 Å². The van der Waals surface area contributed by atoms with Crippen molar-refractivity contribution in [2.24, 2.45) is 0 Å². The van der Waals surface area contributed by atoms with Gasteiger partial charge in [0.05, 0.1) is 27.6 Å². The molecule has 0 aromatic carbocycles. The number of quaternary nitrogens is 1. The fourth-order valence-electron chi connectivity index (χ4n) is 2.95. The molecule has 0 saturated heterocycles. The van der Waals surface area contributed by atoms with Crippen LogP contribution in [0.3, 0.4) is 0 Å². The molecule has 0 aliphatic heterocycles. The van der Waals surface area contributed by atoms with Gasteiger partial charge in [-0.2, -0.15) is 0 Å². The molecule has 0 aromatic rings. The molecule has 0 aliphatic rings. The summed E-state index contributed by atoms with van der Waals surface area (Å²) in [4.78, 5) is 22.9. The van der Waals surface area contributed by atoms with E-state index < -0.39 is 12.1 Å². The van der Waals surface area contributed by atoms with Gasteiger partial charge in [0.1, 0.15) is 6.54 Å². The summed E-state index contributed by atoms with van der Waals surface area (Å²) in [5.74, 6) is -1.19. The Morgan fingerprint density at radius 2 is 1.36 bits per heavy atom. The molecule has 0 spiro atoms. The van der Waals surface area contributed by atoms with E-state index in [0.717, 1.165) is 12.8 Å². The lowest BCUT2D eigenvalue weighted by atomic mass is 10.1. The summed E-state index contributed by atoms with van der Waals surface area (Å²) in [5, 5.41) is 8.96. The Labute approximate surface area is 154 Å². The van der Waals surface area contributed by atoms with Crippen LogP contribution >= 0.6 is 0 Å². The minimum atomic E-state index is -0.926. The quantitative estimate of drug-likeness (QED) is 0.252. The van der Waals surface area contributed by atoms with Gasteiger partial charge in [-0.15, -0.1) is 0 Å². The highest BCUT2D eigenvalue weighted by atomic mass is 16.5. The van der Waals surface area contributed by atoms with Gasteiger partial charge in [-0.25, -0.2) is 0 Å². The van der Waals surface area contributed by atoms with Gasteiger partial charge >= 0.3 is 11.9 Å². The molecule has 1 atom stereocenters. The molecule has 0 rings (SSSR count). The lowest BCUT2D eigenvalue weighted by Gasteiger charge is -2.28. The predicted molar refractivity (Wildman–Crippen MR) is 101 cm³/mol. The number of rotatable bonds is 16. The molecule has 0 amide bonds. The second-order valence-corrected chi connectivity index (χ2v) is 8.11. The number of carboxylic acid groups (broad SMARTS) is 1. The molecule has 5 heteroatoms. The van der Waals surface area contributed by atoms with Crippen LogP contribution < -0.4 is 0 Å². The second-order valence-electron chi connectivity index (χ2n) is 8.11. The molecule has 5 nitrogen and oxygen atoms in total. The Hall–Kier alpha value is -1.10. The Kier molecular flexibility index (Phi) is 13.5. The van der Waals surface area contributed by atoms with Gasteiger partial charge in [-0.05, 0) is 6.42 Å². The van der Waals surface area contributed by atoms with Crippen LogP contribution in [-0.2, 0) is 14.3 Å². The molecule has 0 saturated carbocycles. The van der Waals surface area contributed by atoms with Gasteiger partial charge in [0.25, 0.3) is 0 Å². The summed E-state index contributed by atoms with van der Waals surface area (Å²) in [7, 11) is 5.89. The van der Waals surface area contributed by atoms with Crippen LogP contribution in [0, 0.1) is 0 Å². The van der Waals surface area contributed by atoms with Crippen LogP contribution in [-0.4, -0.2) is 55.3 Å². The standard InChI is InChI=1S/C20H39NO4/c1-5-6-7-8-9-10-11-12-13-14-15-20(24)25-18(16-19(22)23)17-21(2,3)4/h18H,5-17H2,1-4H3/p+1/t18-/m0/s1. The van der Waals surface area contributed by atoms with Crippen molar-refractivity contribution in [1.82, 2.24) is 0 Å². The Bertz CT molecular complexity index is 363. The largest absolute Gasteiger partial charge is 0.481 e. The Balaban J connectivity index is 3.77. The zero-order valence-electron chi connectivity index (χ0n) is 16.9. The normalized spacial score (nSPS) is 12.8. The molecule has 0 aromatic heterocycles. The van der Waals surface area contributed by atoms with Crippen molar-refractivity contribution in [2.45, 2.75) is 90.1 Å². The maximum atomic E-state index is 11.9. The minimum Gasteiger partial charge on any atom is -0.481 e. The van der Waals surface area contributed by atoms with E-state index in [-0.39, 0.29) is 12.4 Å². The van der Waals surface area contributed by atoms with E-state index >= 15 is 0 Å². The van der Waals surface area contributed by atoms with E-state index in [1.807, 2.05) is 21.1 Å². The SMILES string of the molecule is CCCCCCCCCCCCC(=O)O[C@@H](CC(=O)O)C[N+](C)(C)C. The maximum Gasteiger partial charge on any atom is 0.307 e. The minimum absolute atomic E-state index is 0.126. The van der Waals surface area contributed by atoms with Gasteiger partial charge in [0, 0.05) is 6.42 Å². The first-order chi connectivity index (χ1) is 11.7. The summed E-state index contributed by atoms with van der Waals surface area (Å²) in [6.07, 6.45) is 11.9. The summed E-state index contributed by atoms with van der Waals surface area (Å²) in [6.45, 7) is 2.74. The lowest BCUT2D eigenvalue weighted by Crippen LogP contribution is -2.43. The van der Waals surface area contributed by atoms with Crippen molar-refractivity contribution in [2.75, 3.05) is 27.7 Å². The van der Waals surface area contributed by atoms with Crippen LogP contribution in [0.2, 0.25) is 0 Å². The highest BCUT2D eigenvalue weighted by Gasteiger charge is 2.24. The average Bonchev–Trinajstić information content (AvgIpc) is 2.46. The Morgan fingerprint density at radius 1 is 0.880 bits per heavy atom. The van der Waals surface area contributed by atoms with Gasteiger partial charge in [0.2, 0.25) is 0 Å². The number of hydrogen-bond donors (Lipinski definition) is 1. The Morgan fingerprint density at radius 3 is 1.80 bits per heavy atom. The number of carbonyl (C=O) groups excluding carboxylic acids is 1. The monoisotopic (exact) mass is 358 g/mol. The van der Waals surface area contributed by atoms with E-state index in [0.29, 0.717) is 17.4 Å². The highest BCUT2D eigenvalue weighted by Crippen LogP contribution is 2.12. The number of carbonyl (C=O) groups is 2. The van der Waals surface area contributed by atoms with Crippen LogP contribution in [0.4, 0.5) is 0 Å². The second kappa shape index (κ2) is 14.1. The fraction of sp³-hybridized carbons (Fsp3) is 0.900. The number of hydrogen-bond acceptors (Lipinski definition) is 3. The third kappa shape index (κ3) is 17.5. The average molecular weight is 359 g/mol. The number of carboxylic acids is 1. The smallest absolute Gasteiger partial charge is 0.307 e. The summed E-state index contributed by atoms with van der Waals surface area (Å²) in [6, 6.07) is 0. The molecular formula is C20H40NO4+. The van der Waals surface area contributed by atoms with Gasteiger partial charge in [-0.3, -0.25) is 9.59 Å². The van der Waals surface area contributed by atoms with E-state index in [1.54, 1.807) is 0 Å². The van der Waals surface area contributed by atoms with Crippen molar-refractivity contribution in [3.05, 3.63) is 0 Å².